The van der Waals surface area contributed by atoms with Gasteiger partial charge in [0.25, 0.3) is 0 Å². The minimum absolute atomic E-state index is 0.0694. The third-order valence-corrected chi connectivity index (χ3v) is 9.52. The molecule has 4 nitrogen and oxygen atoms in total. The average Bonchev–Trinajstić information content (AvgIpc) is 3.24. The fourth-order valence-corrected chi connectivity index (χ4v) is 8.16. The zero-order chi connectivity index (χ0) is 20.4. The summed E-state index contributed by atoms with van der Waals surface area (Å²) in [5, 5.41) is 0. The lowest BCUT2D eigenvalue weighted by Crippen LogP contribution is -2.50. The first-order valence-electron chi connectivity index (χ1n) is 11.6. The Hall–Kier alpha value is -1.58. The topological polar surface area (TPSA) is 52.6 Å². The summed E-state index contributed by atoms with van der Waals surface area (Å²) in [5.74, 6) is 2.44. The summed E-state index contributed by atoms with van der Waals surface area (Å²) in [7, 11) is 0. The summed E-state index contributed by atoms with van der Waals surface area (Å²) < 4.78 is 10.8. The van der Waals surface area contributed by atoms with Gasteiger partial charge in [-0.3, -0.25) is 4.79 Å². The molecule has 0 spiro atoms. The van der Waals surface area contributed by atoms with Crippen LogP contribution in [0, 0.1) is 34.5 Å². The molecule has 0 amide bonds. The van der Waals surface area contributed by atoms with Gasteiger partial charge in [-0.1, -0.05) is 25.5 Å². The van der Waals surface area contributed by atoms with Gasteiger partial charge in [0.05, 0.1) is 0 Å². The molecule has 0 bridgehead atoms. The summed E-state index contributed by atoms with van der Waals surface area (Å²) >= 11 is 0. The molecule has 0 aromatic heterocycles. The Morgan fingerprint density at radius 2 is 1.97 bits per heavy atom. The van der Waals surface area contributed by atoms with Crippen molar-refractivity contribution in [2.24, 2.45) is 34.5 Å². The van der Waals surface area contributed by atoms with Gasteiger partial charge < -0.3 is 9.47 Å². The Labute approximate surface area is 174 Å². The van der Waals surface area contributed by atoms with Crippen molar-refractivity contribution in [2.75, 3.05) is 6.61 Å². The van der Waals surface area contributed by atoms with E-state index < -0.39 is 0 Å². The zero-order valence-electron chi connectivity index (χ0n) is 18.0. The standard InChI is InChI=1S/C25H34O4/c1-15(26)29-18-8-10-24(2)17(13-18)4-5-19-21-7-6-20(16-12-23(27)28-14-16)25(21,3)11-9-22(19)24/h4,12,18-22H,5-11,13-14H2,1-3H3/t18-,19-,20+,21-,22-,24-,25+/m0/s1. The van der Waals surface area contributed by atoms with Gasteiger partial charge >= 0.3 is 11.9 Å². The highest BCUT2D eigenvalue weighted by molar-refractivity contribution is 5.85. The van der Waals surface area contributed by atoms with Crippen LogP contribution in [0.3, 0.4) is 0 Å². The van der Waals surface area contributed by atoms with Crippen LogP contribution in [0.5, 0.6) is 0 Å². The predicted molar refractivity (Wildman–Crippen MR) is 110 cm³/mol. The molecule has 3 saturated carbocycles. The number of ether oxygens (including phenoxy) is 2. The number of carbonyl (C=O) groups is 2. The third kappa shape index (κ3) is 2.92. The van der Waals surface area contributed by atoms with Gasteiger partial charge in [-0.25, -0.2) is 4.79 Å². The van der Waals surface area contributed by atoms with E-state index in [-0.39, 0.29) is 23.5 Å². The van der Waals surface area contributed by atoms with E-state index in [1.54, 1.807) is 11.6 Å². The number of hydrogen-bond donors (Lipinski definition) is 0. The van der Waals surface area contributed by atoms with E-state index in [0.29, 0.717) is 17.9 Å². The van der Waals surface area contributed by atoms with Crippen molar-refractivity contribution in [1.82, 2.24) is 0 Å². The second kappa shape index (κ2) is 6.72. The quantitative estimate of drug-likeness (QED) is 0.486. The summed E-state index contributed by atoms with van der Waals surface area (Å²) in [6, 6.07) is 0. The lowest BCUT2D eigenvalue weighted by Gasteiger charge is -2.58. The Balaban J connectivity index is 1.39. The van der Waals surface area contributed by atoms with Crippen molar-refractivity contribution >= 4 is 11.9 Å². The van der Waals surface area contributed by atoms with E-state index in [1.165, 1.54) is 44.6 Å². The molecule has 3 fully saturated rings. The fraction of sp³-hybridized carbons (Fsp3) is 0.760. The second-order valence-electron chi connectivity index (χ2n) is 10.7. The number of carbonyl (C=O) groups excluding carboxylic acids is 2. The van der Waals surface area contributed by atoms with Gasteiger partial charge in [-0.15, -0.1) is 0 Å². The van der Waals surface area contributed by atoms with Crippen LogP contribution in [0.15, 0.2) is 23.3 Å². The highest BCUT2D eigenvalue weighted by Crippen LogP contribution is 2.67. The van der Waals surface area contributed by atoms with Crippen molar-refractivity contribution < 1.29 is 19.1 Å². The maximum Gasteiger partial charge on any atom is 0.331 e. The van der Waals surface area contributed by atoms with Crippen LogP contribution < -0.4 is 0 Å². The van der Waals surface area contributed by atoms with E-state index in [4.69, 9.17) is 9.47 Å². The van der Waals surface area contributed by atoms with Crippen LogP contribution in [-0.2, 0) is 19.1 Å². The van der Waals surface area contributed by atoms with Crippen LogP contribution >= 0.6 is 0 Å². The Morgan fingerprint density at radius 3 is 2.69 bits per heavy atom. The van der Waals surface area contributed by atoms with Crippen molar-refractivity contribution in [2.45, 2.75) is 78.2 Å². The zero-order valence-corrected chi connectivity index (χ0v) is 18.0. The van der Waals surface area contributed by atoms with Crippen LogP contribution in [0.1, 0.15) is 72.1 Å². The molecule has 0 radical (unpaired) electrons. The summed E-state index contributed by atoms with van der Waals surface area (Å²) in [6.07, 6.45) is 13.6. The first-order chi connectivity index (χ1) is 13.8. The summed E-state index contributed by atoms with van der Waals surface area (Å²) in [6.45, 7) is 7.02. The SMILES string of the molecule is CC(=O)O[C@H]1CC[C@@]2(C)C(=CC[C@H]3[C@@H]4CC[C@H](C5=CC(=O)OC5)[C@@]4(C)CC[C@@H]32)C1. The van der Waals surface area contributed by atoms with Gasteiger partial charge in [-0.05, 0) is 85.0 Å². The van der Waals surface area contributed by atoms with Gasteiger partial charge in [-0.2, -0.15) is 0 Å². The highest BCUT2D eigenvalue weighted by Gasteiger charge is 2.59. The molecule has 29 heavy (non-hydrogen) atoms. The third-order valence-electron chi connectivity index (χ3n) is 9.52. The molecule has 5 aliphatic rings. The first kappa shape index (κ1) is 19.4. The van der Waals surface area contributed by atoms with Crippen molar-refractivity contribution in [3.05, 3.63) is 23.3 Å². The van der Waals surface area contributed by atoms with Crippen molar-refractivity contribution in [3.63, 3.8) is 0 Å². The first-order valence-corrected chi connectivity index (χ1v) is 11.6. The predicted octanol–water partition coefficient (Wildman–Crippen LogP) is 4.98. The van der Waals surface area contributed by atoms with Crippen LogP contribution in [-0.4, -0.2) is 24.6 Å². The van der Waals surface area contributed by atoms with Gasteiger partial charge in [0.1, 0.15) is 12.7 Å². The Morgan fingerprint density at radius 1 is 1.14 bits per heavy atom. The maximum atomic E-state index is 11.7. The number of allylic oxidation sites excluding steroid dienone is 1. The lowest BCUT2D eigenvalue weighted by molar-refractivity contribution is -0.148. The van der Waals surface area contributed by atoms with E-state index in [0.717, 1.165) is 37.0 Å². The fourth-order valence-electron chi connectivity index (χ4n) is 8.16. The second-order valence-corrected chi connectivity index (χ2v) is 10.7. The van der Waals surface area contributed by atoms with Gasteiger partial charge in [0.15, 0.2) is 0 Å². The van der Waals surface area contributed by atoms with Crippen LogP contribution in [0.2, 0.25) is 0 Å². The molecule has 0 N–H and O–H groups in total. The highest BCUT2D eigenvalue weighted by atomic mass is 16.5. The van der Waals surface area contributed by atoms with E-state index in [1.807, 2.05) is 0 Å². The molecule has 4 aliphatic carbocycles. The van der Waals surface area contributed by atoms with Crippen molar-refractivity contribution in [1.29, 1.82) is 0 Å². The molecule has 7 atom stereocenters. The molecular formula is C25H34O4. The molecule has 4 heteroatoms. The molecule has 5 rings (SSSR count). The number of esters is 2. The van der Waals surface area contributed by atoms with Crippen LogP contribution in [0.25, 0.3) is 0 Å². The monoisotopic (exact) mass is 398 g/mol. The van der Waals surface area contributed by atoms with Crippen molar-refractivity contribution in [3.8, 4) is 0 Å². The number of fused-ring (bicyclic) bond motifs is 5. The smallest absolute Gasteiger partial charge is 0.331 e. The number of cyclic esters (lactones) is 1. The van der Waals surface area contributed by atoms with E-state index in [9.17, 15) is 9.59 Å². The normalized spacial score (nSPS) is 46.0. The van der Waals surface area contributed by atoms with Gasteiger partial charge in [0, 0.05) is 19.4 Å². The number of rotatable bonds is 2. The molecule has 1 heterocycles. The minimum Gasteiger partial charge on any atom is -0.462 e. The Bertz CT molecular complexity index is 795. The molecular weight excluding hydrogens is 364 g/mol. The number of hydrogen-bond acceptors (Lipinski definition) is 4. The molecule has 1 aliphatic heterocycles. The molecule has 0 aromatic carbocycles. The summed E-state index contributed by atoms with van der Waals surface area (Å²) in [4.78, 5) is 23.1. The van der Waals surface area contributed by atoms with Gasteiger partial charge in [0.2, 0.25) is 0 Å². The Kier molecular flexibility index (Phi) is 4.49. The molecule has 0 unspecified atom stereocenters. The average molecular weight is 399 g/mol. The largest absolute Gasteiger partial charge is 0.462 e. The van der Waals surface area contributed by atoms with E-state index in [2.05, 4.69) is 19.9 Å². The maximum absolute atomic E-state index is 11.7. The summed E-state index contributed by atoms with van der Waals surface area (Å²) in [5.41, 5.74) is 3.37. The molecule has 158 valence electrons. The van der Waals surface area contributed by atoms with E-state index >= 15 is 0 Å². The lowest BCUT2D eigenvalue weighted by atomic mass is 9.47. The minimum atomic E-state index is -0.151. The van der Waals surface area contributed by atoms with Crippen LogP contribution in [0.4, 0.5) is 0 Å². The molecule has 0 saturated heterocycles. The molecule has 0 aromatic rings.